The van der Waals surface area contributed by atoms with Crippen LogP contribution >= 0.6 is 23.2 Å². The molecule has 2 heterocycles. The first-order valence-electron chi connectivity index (χ1n) is 7.39. The van der Waals surface area contributed by atoms with Crippen LogP contribution in [0.15, 0.2) is 24.4 Å². The van der Waals surface area contributed by atoms with Gasteiger partial charge in [-0.15, -0.1) is 0 Å². The summed E-state index contributed by atoms with van der Waals surface area (Å²) >= 11 is 12.3. The van der Waals surface area contributed by atoms with Crippen LogP contribution in [0.2, 0.25) is 10.2 Å². The maximum atomic E-state index is 13.4. The second-order valence-corrected chi connectivity index (χ2v) is 6.33. The quantitative estimate of drug-likeness (QED) is 0.476. The van der Waals surface area contributed by atoms with E-state index in [4.69, 9.17) is 28.5 Å². The number of rotatable bonds is 3. The standard InChI is InChI=1S/C16H9Cl2F4N5/c1-7(16(20,21)22)25-15-12(10-3-2-9(19)4-11(10)17)13(18)26-14-8(5-23)6-24-27(14)15/h2-4,6-7,25H,1H3/t7-/m0/s1. The van der Waals surface area contributed by atoms with E-state index < -0.39 is 18.0 Å². The number of fused-ring (bicyclic) bond motifs is 1. The molecule has 0 aliphatic rings. The van der Waals surface area contributed by atoms with Crippen molar-refractivity contribution >= 4 is 34.7 Å². The summed E-state index contributed by atoms with van der Waals surface area (Å²) in [6.07, 6.45) is -3.42. The summed E-state index contributed by atoms with van der Waals surface area (Å²) in [5.74, 6) is -0.803. The Morgan fingerprint density at radius 2 is 2.00 bits per heavy atom. The van der Waals surface area contributed by atoms with Gasteiger partial charge in [0.05, 0.1) is 16.8 Å². The molecule has 0 amide bonds. The molecular weight excluding hydrogens is 409 g/mol. The molecule has 1 aromatic carbocycles. The lowest BCUT2D eigenvalue weighted by Gasteiger charge is -2.22. The van der Waals surface area contributed by atoms with Gasteiger partial charge >= 0.3 is 6.18 Å². The highest BCUT2D eigenvalue weighted by molar-refractivity contribution is 6.36. The van der Waals surface area contributed by atoms with Crippen molar-refractivity contribution in [3.63, 3.8) is 0 Å². The highest BCUT2D eigenvalue weighted by Gasteiger charge is 2.37. The molecule has 0 radical (unpaired) electrons. The highest BCUT2D eigenvalue weighted by atomic mass is 35.5. The summed E-state index contributed by atoms with van der Waals surface area (Å²) in [5, 5.41) is 15.1. The molecule has 0 fully saturated rings. The normalized spacial score (nSPS) is 12.8. The number of halogens is 6. The van der Waals surface area contributed by atoms with Crippen molar-refractivity contribution in [1.82, 2.24) is 14.6 Å². The minimum absolute atomic E-state index is 0.00198. The molecular formula is C16H9Cl2F4N5. The second kappa shape index (κ2) is 6.87. The summed E-state index contributed by atoms with van der Waals surface area (Å²) in [5.41, 5.74) is 0.152. The van der Waals surface area contributed by atoms with Gasteiger partial charge in [-0.2, -0.15) is 28.0 Å². The molecule has 2 aromatic heterocycles. The van der Waals surface area contributed by atoms with E-state index in [2.05, 4.69) is 15.4 Å². The smallest absolute Gasteiger partial charge is 0.358 e. The number of hydrogen-bond acceptors (Lipinski definition) is 4. The van der Waals surface area contributed by atoms with E-state index in [1.165, 1.54) is 6.07 Å². The lowest BCUT2D eigenvalue weighted by molar-refractivity contribution is -0.138. The fraction of sp³-hybridized carbons (Fsp3) is 0.188. The summed E-state index contributed by atoms with van der Waals surface area (Å²) in [6.45, 7) is 0.908. The molecule has 3 aromatic rings. The third kappa shape index (κ3) is 3.50. The molecule has 140 valence electrons. The average molecular weight is 418 g/mol. The first-order valence-corrected chi connectivity index (χ1v) is 8.15. The molecule has 5 nitrogen and oxygen atoms in total. The molecule has 0 aliphatic heterocycles. The van der Waals surface area contributed by atoms with Gasteiger partial charge < -0.3 is 5.32 Å². The number of benzene rings is 1. The zero-order chi connectivity index (χ0) is 19.9. The molecule has 0 spiro atoms. The van der Waals surface area contributed by atoms with E-state index in [1.807, 2.05) is 6.07 Å². The van der Waals surface area contributed by atoms with Crippen LogP contribution in [0.5, 0.6) is 0 Å². The van der Waals surface area contributed by atoms with Gasteiger partial charge in [0.25, 0.3) is 0 Å². The molecule has 0 saturated heterocycles. The summed E-state index contributed by atoms with van der Waals surface area (Å²) in [6, 6.07) is 3.21. The Morgan fingerprint density at radius 1 is 1.30 bits per heavy atom. The Labute approximate surface area is 160 Å². The summed E-state index contributed by atoms with van der Waals surface area (Å²) in [7, 11) is 0. The third-order valence-corrected chi connectivity index (χ3v) is 4.35. The van der Waals surface area contributed by atoms with Crippen molar-refractivity contribution in [3.05, 3.63) is 46.0 Å². The lowest BCUT2D eigenvalue weighted by Crippen LogP contribution is -2.34. The number of anilines is 1. The molecule has 0 bridgehead atoms. The zero-order valence-electron chi connectivity index (χ0n) is 13.4. The molecule has 0 saturated carbocycles. The Morgan fingerprint density at radius 3 is 2.59 bits per heavy atom. The second-order valence-electron chi connectivity index (χ2n) is 5.56. The van der Waals surface area contributed by atoms with Gasteiger partial charge in [0.15, 0.2) is 5.65 Å². The van der Waals surface area contributed by atoms with Crippen LogP contribution in [0.25, 0.3) is 16.8 Å². The Bertz CT molecular complexity index is 1070. The summed E-state index contributed by atoms with van der Waals surface area (Å²) in [4.78, 5) is 4.05. The third-order valence-electron chi connectivity index (χ3n) is 3.77. The van der Waals surface area contributed by atoms with Crippen molar-refractivity contribution in [2.75, 3.05) is 5.32 Å². The molecule has 1 N–H and O–H groups in total. The lowest BCUT2D eigenvalue weighted by atomic mass is 10.1. The monoisotopic (exact) mass is 417 g/mol. The fourth-order valence-electron chi connectivity index (χ4n) is 2.40. The zero-order valence-corrected chi connectivity index (χ0v) is 15.0. The largest absolute Gasteiger partial charge is 0.408 e. The number of nitriles is 1. The predicted molar refractivity (Wildman–Crippen MR) is 92.3 cm³/mol. The van der Waals surface area contributed by atoms with Gasteiger partial charge in [-0.05, 0) is 25.1 Å². The van der Waals surface area contributed by atoms with Gasteiger partial charge in [-0.25, -0.2) is 9.37 Å². The topological polar surface area (TPSA) is 66.0 Å². The minimum atomic E-state index is -4.57. The molecule has 0 unspecified atom stereocenters. The molecule has 27 heavy (non-hydrogen) atoms. The summed E-state index contributed by atoms with van der Waals surface area (Å²) < 4.78 is 53.7. The van der Waals surface area contributed by atoms with E-state index in [1.54, 1.807) is 0 Å². The van der Waals surface area contributed by atoms with Crippen LogP contribution in [-0.2, 0) is 0 Å². The van der Waals surface area contributed by atoms with E-state index >= 15 is 0 Å². The number of hydrogen-bond donors (Lipinski definition) is 1. The van der Waals surface area contributed by atoms with E-state index in [0.29, 0.717) is 0 Å². The van der Waals surface area contributed by atoms with Crippen LogP contribution in [0.3, 0.4) is 0 Å². The van der Waals surface area contributed by atoms with Crippen molar-refractivity contribution in [1.29, 1.82) is 5.26 Å². The number of alkyl halides is 3. The van der Waals surface area contributed by atoms with Crippen molar-refractivity contribution in [2.24, 2.45) is 0 Å². The van der Waals surface area contributed by atoms with Crippen LogP contribution in [0.4, 0.5) is 23.4 Å². The molecule has 1 atom stereocenters. The van der Waals surface area contributed by atoms with Crippen molar-refractivity contribution in [3.8, 4) is 17.2 Å². The fourth-order valence-corrected chi connectivity index (χ4v) is 2.93. The maximum absolute atomic E-state index is 13.4. The van der Waals surface area contributed by atoms with E-state index in [0.717, 1.165) is 29.8 Å². The van der Waals surface area contributed by atoms with Crippen LogP contribution < -0.4 is 5.32 Å². The Kier molecular flexibility index (Phi) is 4.88. The van der Waals surface area contributed by atoms with Gasteiger partial charge in [-0.3, -0.25) is 0 Å². The minimum Gasteiger partial charge on any atom is -0.358 e. The molecule has 3 rings (SSSR count). The SMILES string of the molecule is C[C@H](Nc1c(-c2ccc(F)cc2Cl)c(Cl)nc2c(C#N)cnn12)C(F)(F)F. The van der Waals surface area contributed by atoms with Crippen molar-refractivity contribution in [2.45, 2.75) is 19.1 Å². The molecule has 11 heteroatoms. The highest BCUT2D eigenvalue weighted by Crippen LogP contribution is 2.40. The van der Waals surface area contributed by atoms with E-state index in [9.17, 15) is 17.6 Å². The van der Waals surface area contributed by atoms with Gasteiger partial charge in [0.1, 0.15) is 34.5 Å². The van der Waals surface area contributed by atoms with Crippen LogP contribution in [0.1, 0.15) is 12.5 Å². The average Bonchev–Trinajstić information content (AvgIpc) is 2.97. The number of aromatic nitrogens is 3. The van der Waals surface area contributed by atoms with Gasteiger partial charge in [0.2, 0.25) is 0 Å². The van der Waals surface area contributed by atoms with Crippen LogP contribution in [-0.4, -0.2) is 26.8 Å². The van der Waals surface area contributed by atoms with E-state index in [-0.39, 0.29) is 38.3 Å². The predicted octanol–water partition coefficient (Wildman–Crippen LogP) is 5.08. The first kappa shape index (κ1) is 19.2. The van der Waals surface area contributed by atoms with Gasteiger partial charge in [-0.1, -0.05) is 23.2 Å². The van der Waals surface area contributed by atoms with Gasteiger partial charge in [0, 0.05) is 5.56 Å². The number of nitrogens with one attached hydrogen (secondary N) is 1. The Balaban J connectivity index is 2.33. The Hall–Kier alpha value is -2.57. The number of nitrogens with zero attached hydrogens (tertiary/aromatic N) is 4. The maximum Gasteiger partial charge on any atom is 0.408 e. The van der Waals surface area contributed by atoms with Crippen LogP contribution in [0, 0.1) is 17.1 Å². The first-order chi connectivity index (χ1) is 12.6. The molecule has 0 aliphatic carbocycles. The van der Waals surface area contributed by atoms with Crippen molar-refractivity contribution < 1.29 is 17.6 Å².